The summed E-state index contributed by atoms with van der Waals surface area (Å²) in [5, 5.41) is 2.42. The molecular weight excluding hydrogens is 421 g/mol. The van der Waals surface area contributed by atoms with E-state index in [0.29, 0.717) is 11.3 Å². The number of halogens is 3. The zero-order valence-electron chi connectivity index (χ0n) is 16.7. The fraction of sp³-hybridized carbons (Fsp3) is 0.316. The first kappa shape index (κ1) is 22.0. The maximum Gasteiger partial charge on any atom is 0.573 e. The average Bonchev–Trinajstić information content (AvgIpc) is 2.69. The molecule has 0 saturated heterocycles. The average molecular weight is 439 g/mol. The van der Waals surface area contributed by atoms with Crippen molar-refractivity contribution in [3.8, 4) is 5.75 Å². The van der Waals surface area contributed by atoms with Gasteiger partial charge in [-0.2, -0.15) is 9.48 Å². The number of carbonyl (C=O) groups is 3. The highest BCUT2D eigenvalue weighted by Gasteiger charge is 2.50. The summed E-state index contributed by atoms with van der Waals surface area (Å²) in [7, 11) is 2.81. The van der Waals surface area contributed by atoms with Crippen molar-refractivity contribution in [2.45, 2.75) is 13.3 Å². The van der Waals surface area contributed by atoms with E-state index in [1.54, 1.807) is 6.92 Å². The molecule has 0 aromatic heterocycles. The van der Waals surface area contributed by atoms with Gasteiger partial charge in [-0.15, -0.1) is 18.2 Å². The molecule has 31 heavy (non-hydrogen) atoms. The number of nitrogens with zero attached hydrogens (tertiary/aromatic N) is 3. The third kappa shape index (κ3) is 4.57. The summed E-state index contributed by atoms with van der Waals surface area (Å²) in [4.78, 5) is 42.9. The van der Waals surface area contributed by atoms with Crippen molar-refractivity contribution >= 4 is 35.6 Å². The van der Waals surface area contributed by atoms with E-state index in [2.05, 4.69) is 15.0 Å². The maximum absolute atomic E-state index is 13.0. The fourth-order valence-corrected chi connectivity index (χ4v) is 3.19. The van der Waals surface area contributed by atoms with Crippen LogP contribution in [-0.4, -0.2) is 66.4 Å². The molecule has 0 spiro atoms. The molecule has 2 heterocycles. The van der Waals surface area contributed by atoms with Crippen LogP contribution in [0.5, 0.6) is 5.75 Å². The van der Waals surface area contributed by atoms with Gasteiger partial charge >= 0.3 is 18.3 Å². The van der Waals surface area contributed by atoms with Crippen LogP contribution in [0, 0.1) is 5.92 Å². The number of allylic oxidation sites excluding steroid dienone is 1. The Morgan fingerprint density at radius 1 is 1.26 bits per heavy atom. The van der Waals surface area contributed by atoms with Gasteiger partial charge in [-0.05, 0) is 31.2 Å². The normalized spacial score (nSPS) is 18.9. The lowest BCUT2D eigenvalue weighted by molar-refractivity contribution is -0.408. The minimum Gasteiger partial charge on any atom is -0.499 e. The molecule has 1 unspecified atom stereocenters. The standard InChI is InChI=1S/C19H17F3N4O5/c1-10-8-23-16-14(15(10)30-3)17(28)26(18(29)25(16)2)9-13(27)24-11-4-6-12(7-5-11)31-19(20,21)22/h4-8,14H,9H2,1-3H3/p+1. The first-order valence-electron chi connectivity index (χ1n) is 8.92. The lowest BCUT2D eigenvalue weighted by atomic mass is 9.96. The van der Waals surface area contributed by atoms with Gasteiger partial charge in [0.05, 0.1) is 14.2 Å². The van der Waals surface area contributed by atoms with E-state index >= 15 is 0 Å². The first-order valence-corrected chi connectivity index (χ1v) is 8.92. The Hall–Kier alpha value is -3.70. The highest BCUT2D eigenvalue weighted by atomic mass is 19.4. The second-order valence-electron chi connectivity index (χ2n) is 6.69. The molecule has 0 fully saturated rings. The van der Waals surface area contributed by atoms with Gasteiger partial charge in [0.2, 0.25) is 0 Å². The predicted octanol–water partition coefficient (Wildman–Crippen LogP) is 2.15. The number of hydrogen-bond acceptors (Lipinski definition) is 6. The van der Waals surface area contributed by atoms with Crippen LogP contribution in [0.2, 0.25) is 0 Å². The van der Waals surface area contributed by atoms with Crippen molar-refractivity contribution in [3.63, 3.8) is 0 Å². The number of amides is 4. The molecular formula is C19H18F3N4O5+. The molecule has 2 aliphatic heterocycles. The Labute approximate surface area is 174 Å². The molecule has 2 aliphatic rings. The number of aliphatic imine (C=N–C) groups is 1. The summed E-state index contributed by atoms with van der Waals surface area (Å²) in [5.41, 5.74) is 0.769. The van der Waals surface area contributed by atoms with Gasteiger partial charge in [0.1, 0.15) is 17.7 Å². The Balaban J connectivity index is 1.74. The fourth-order valence-electron chi connectivity index (χ4n) is 3.19. The number of anilines is 1. The number of rotatable bonds is 5. The number of urea groups is 1. The third-order valence-electron chi connectivity index (χ3n) is 4.57. The zero-order valence-corrected chi connectivity index (χ0v) is 16.7. The maximum atomic E-state index is 13.0. The molecule has 0 radical (unpaired) electrons. The monoisotopic (exact) mass is 439 g/mol. The molecule has 0 aliphatic carbocycles. The second-order valence-corrected chi connectivity index (χ2v) is 6.69. The number of imide groups is 1. The highest BCUT2D eigenvalue weighted by molar-refractivity contribution is 6.17. The number of carbonyl (C=O) groups excluding carboxylic acids is 3. The number of amidine groups is 1. The molecule has 1 atom stereocenters. The number of hydrogen-bond donors (Lipinski definition) is 1. The molecule has 1 aromatic rings. The topological polar surface area (TPSA) is 100 Å². The first-order chi connectivity index (χ1) is 14.5. The van der Waals surface area contributed by atoms with Crippen molar-refractivity contribution < 1.29 is 41.6 Å². The zero-order chi connectivity index (χ0) is 22.9. The molecule has 0 bridgehead atoms. The van der Waals surface area contributed by atoms with Gasteiger partial charge in [0.25, 0.3) is 11.7 Å². The van der Waals surface area contributed by atoms with Crippen LogP contribution in [0.1, 0.15) is 6.92 Å². The van der Waals surface area contributed by atoms with E-state index < -0.39 is 42.4 Å². The van der Waals surface area contributed by atoms with Crippen molar-refractivity contribution in [1.82, 2.24) is 4.90 Å². The van der Waals surface area contributed by atoms with E-state index in [9.17, 15) is 27.6 Å². The number of alkyl halides is 3. The number of benzene rings is 1. The lowest BCUT2D eigenvalue weighted by Gasteiger charge is -2.28. The van der Waals surface area contributed by atoms with E-state index in [4.69, 9.17) is 4.74 Å². The molecule has 4 amide bonds. The van der Waals surface area contributed by atoms with Crippen LogP contribution in [0.3, 0.4) is 0 Å². The summed E-state index contributed by atoms with van der Waals surface area (Å²) in [6.07, 6.45) is -3.35. The summed E-state index contributed by atoms with van der Waals surface area (Å²) < 4.78 is 46.9. The Morgan fingerprint density at radius 3 is 2.48 bits per heavy atom. The van der Waals surface area contributed by atoms with Gasteiger partial charge in [-0.3, -0.25) is 9.59 Å². The van der Waals surface area contributed by atoms with Crippen molar-refractivity contribution in [3.05, 3.63) is 35.6 Å². The Bertz CT molecular complexity index is 1030. The number of dihydropyridines is 1. The number of fused-ring (bicyclic) bond motifs is 1. The molecule has 9 nitrogen and oxygen atoms in total. The number of ether oxygens (including phenoxy) is 2. The van der Waals surface area contributed by atoms with Gasteiger partial charge in [-0.25, -0.2) is 4.79 Å². The minimum atomic E-state index is -4.83. The molecule has 1 aromatic carbocycles. The van der Waals surface area contributed by atoms with Gasteiger partial charge in [0, 0.05) is 11.3 Å². The van der Waals surface area contributed by atoms with Gasteiger partial charge in [0.15, 0.2) is 12.5 Å². The summed E-state index contributed by atoms with van der Waals surface area (Å²) in [6.45, 7) is 1.10. The number of methoxy groups -OCH3 is 1. The third-order valence-corrected chi connectivity index (χ3v) is 4.57. The molecule has 0 saturated carbocycles. The largest absolute Gasteiger partial charge is 0.573 e. The smallest absolute Gasteiger partial charge is 0.499 e. The quantitative estimate of drug-likeness (QED) is 0.709. The van der Waals surface area contributed by atoms with Crippen LogP contribution in [0.25, 0.3) is 0 Å². The van der Waals surface area contributed by atoms with Crippen molar-refractivity contribution in [1.29, 1.82) is 0 Å². The van der Waals surface area contributed by atoms with Crippen LogP contribution in [0.4, 0.5) is 23.7 Å². The summed E-state index contributed by atoms with van der Waals surface area (Å²) >= 11 is 0. The Morgan fingerprint density at radius 2 is 1.90 bits per heavy atom. The highest BCUT2D eigenvalue weighted by Crippen LogP contribution is 2.28. The van der Waals surface area contributed by atoms with Gasteiger partial charge in [-0.1, -0.05) is 0 Å². The SMILES string of the molecule is COC1=C(C)C=NC2=[N+](C)C(=O)N(CC(=O)Nc3ccc(OC(F)(F)F)cc3)C(=O)C12. The van der Waals surface area contributed by atoms with Gasteiger partial charge < -0.3 is 14.8 Å². The predicted molar refractivity (Wildman–Crippen MR) is 102 cm³/mol. The van der Waals surface area contributed by atoms with E-state index in [-0.39, 0.29) is 11.5 Å². The number of nitrogens with one attached hydrogen (secondary N) is 1. The molecule has 1 N–H and O–H groups in total. The second kappa shape index (κ2) is 8.20. The minimum absolute atomic E-state index is 0.160. The van der Waals surface area contributed by atoms with Crippen LogP contribution >= 0.6 is 0 Å². The molecule has 164 valence electrons. The van der Waals surface area contributed by atoms with Crippen LogP contribution in [-0.2, 0) is 14.3 Å². The van der Waals surface area contributed by atoms with Crippen LogP contribution in [0.15, 0.2) is 40.6 Å². The summed E-state index contributed by atoms with van der Waals surface area (Å²) in [6, 6.07) is 3.69. The molecule has 12 heteroatoms. The molecule has 3 rings (SSSR count). The summed E-state index contributed by atoms with van der Waals surface area (Å²) in [5.74, 6) is -2.31. The van der Waals surface area contributed by atoms with E-state index in [1.807, 2.05) is 0 Å². The van der Waals surface area contributed by atoms with Crippen molar-refractivity contribution in [2.75, 3.05) is 26.0 Å². The Kier molecular flexibility index (Phi) is 5.82. The van der Waals surface area contributed by atoms with Crippen molar-refractivity contribution in [2.24, 2.45) is 10.9 Å². The lowest BCUT2D eigenvalue weighted by Crippen LogP contribution is -2.56. The van der Waals surface area contributed by atoms with E-state index in [0.717, 1.165) is 21.6 Å². The van der Waals surface area contributed by atoms with E-state index in [1.165, 1.54) is 32.5 Å². The van der Waals surface area contributed by atoms with Crippen LogP contribution < -0.4 is 10.1 Å².